The van der Waals surface area contributed by atoms with Crippen LogP contribution in [0.1, 0.15) is 38.5 Å². The SMILES string of the molecule is NN1CCC2(C1)C1CC3CC(C1)CC2C3. The van der Waals surface area contributed by atoms with E-state index in [1.165, 1.54) is 13.0 Å². The second-order valence-corrected chi connectivity index (χ2v) is 6.76. The summed E-state index contributed by atoms with van der Waals surface area (Å²) in [6.07, 6.45) is 9.14. The van der Waals surface area contributed by atoms with Gasteiger partial charge in [0.05, 0.1) is 0 Å². The third kappa shape index (κ3) is 1.07. The summed E-state index contributed by atoms with van der Waals surface area (Å²) in [4.78, 5) is 0. The Morgan fingerprint density at radius 3 is 2.00 bits per heavy atom. The Balaban J connectivity index is 1.70. The number of hydrogen-bond acceptors (Lipinski definition) is 2. The zero-order valence-corrected chi connectivity index (χ0v) is 9.49. The Hall–Kier alpha value is -0.0800. The van der Waals surface area contributed by atoms with Gasteiger partial charge >= 0.3 is 0 Å². The van der Waals surface area contributed by atoms with Crippen molar-refractivity contribution in [3.05, 3.63) is 0 Å². The van der Waals surface area contributed by atoms with Crippen molar-refractivity contribution in [2.45, 2.75) is 38.5 Å². The van der Waals surface area contributed by atoms with Gasteiger partial charge in [-0.25, -0.2) is 5.01 Å². The molecule has 2 N–H and O–H groups in total. The fourth-order valence-electron chi connectivity index (χ4n) is 5.68. The van der Waals surface area contributed by atoms with Crippen LogP contribution in [-0.2, 0) is 0 Å². The Kier molecular flexibility index (Phi) is 1.67. The lowest BCUT2D eigenvalue weighted by Crippen LogP contribution is -2.54. The number of hydrazine groups is 1. The molecular formula is C13H22N2. The van der Waals surface area contributed by atoms with Crippen LogP contribution in [-0.4, -0.2) is 18.1 Å². The smallest absolute Gasteiger partial charge is 0.0191 e. The molecule has 5 rings (SSSR count). The molecule has 5 fully saturated rings. The standard InChI is InChI=1S/C13H22N2/c14-15-2-1-13(8-15)11-4-9-3-10(6-11)7-12(13)5-9/h9-12H,1-8,14H2. The third-order valence-electron chi connectivity index (χ3n) is 6.13. The number of hydrogen-bond donors (Lipinski definition) is 1. The van der Waals surface area contributed by atoms with Crippen molar-refractivity contribution in [2.24, 2.45) is 34.9 Å². The predicted molar refractivity (Wildman–Crippen MR) is 59.9 cm³/mol. The zero-order chi connectivity index (χ0) is 10.0. The lowest BCUT2D eigenvalue weighted by molar-refractivity contribution is -0.102. The highest BCUT2D eigenvalue weighted by atomic mass is 15.4. The van der Waals surface area contributed by atoms with Gasteiger partial charge in [-0.2, -0.15) is 0 Å². The maximum atomic E-state index is 6.02. The summed E-state index contributed by atoms with van der Waals surface area (Å²) in [5.41, 5.74) is 0.669. The van der Waals surface area contributed by atoms with Gasteiger partial charge in [0.1, 0.15) is 0 Å². The molecule has 0 aromatic rings. The van der Waals surface area contributed by atoms with Gasteiger partial charge in [-0.05, 0) is 67.6 Å². The van der Waals surface area contributed by atoms with Crippen LogP contribution in [0.3, 0.4) is 0 Å². The summed E-state index contributed by atoms with van der Waals surface area (Å²) in [6.45, 7) is 2.37. The monoisotopic (exact) mass is 206 g/mol. The van der Waals surface area contributed by atoms with Crippen molar-refractivity contribution in [3.63, 3.8) is 0 Å². The Bertz CT molecular complexity index is 258. The van der Waals surface area contributed by atoms with Crippen LogP contribution >= 0.6 is 0 Å². The molecule has 1 saturated heterocycles. The second-order valence-electron chi connectivity index (χ2n) is 6.76. The zero-order valence-electron chi connectivity index (χ0n) is 9.49. The van der Waals surface area contributed by atoms with Gasteiger partial charge in [0.25, 0.3) is 0 Å². The van der Waals surface area contributed by atoms with Crippen LogP contribution < -0.4 is 5.84 Å². The van der Waals surface area contributed by atoms with Gasteiger partial charge in [-0.3, -0.25) is 5.84 Å². The van der Waals surface area contributed by atoms with Crippen LogP contribution in [0.4, 0.5) is 0 Å². The van der Waals surface area contributed by atoms with E-state index >= 15 is 0 Å². The third-order valence-corrected chi connectivity index (χ3v) is 6.13. The van der Waals surface area contributed by atoms with E-state index in [4.69, 9.17) is 5.84 Å². The second kappa shape index (κ2) is 2.78. The predicted octanol–water partition coefficient (Wildman–Crippen LogP) is 2.01. The molecule has 1 heterocycles. The number of nitrogens with zero attached hydrogens (tertiary/aromatic N) is 1. The van der Waals surface area contributed by atoms with E-state index in [0.29, 0.717) is 5.41 Å². The molecule has 0 aromatic heterocycles. The molecule has 15 heavy (non-hydrogen) atoms. The van der Waals surface area contributed by atoms with E-state index in [1.54, 1.807) is 32.1 Å². The van der Waals surface area contributed by atoms with Gasteiger partial charge < -0.3 is 0 Å². The van der Waals surface area contributed by atoms with E-state index in [9.17, 15) is 0 Å². The van der Waals surface area contributed by atoms with Crippen LogP contribution in [0.25, 0.3) is 0 Å². The first-order chi connectivity index (χ1) is 7.26. The number of rotatable bonds is 0. The Morgan fingerprint density at radius 1 is 0.933 bits per heavy atom. The number of nitrogens with two attached hydrogens (primary N) is 1. The first kappa shape index (κ1) is 9.00. The summed E-state index contributed by atoms with van der Waals surface area (Å²) in [6, 6.07) is 0. The average molecular weight is 206 g/mol. The molecule has 0 radical (unpaired) electrons. The van der Waals surface area contributed by atoms with E-state index in [-0.39, 0.29) is 0 Å². The minimum absolute atomic E-state index is 0.669. The molecule has 0 amide bonds. The first-order valence-corrected chi connectivity index (χ1v) is 6.76. The molecule has 1 spiro atoms. The normalized spacial score (nSPS) is 58.2. The van der Waals surface area contributed by atoms with Crippen LogP contribution in [0.15, 0.2) is 0 Å². The molecule has 0 aromatic carbocycles. The lowest BCUT2D eigenvalue weighted by atomic mass is 9.45. The summed E-state index contributed by atoms with van der Waals surface area (Å²) in [5.74, 6) is 10.3. The van der Waals surface area contributed by atoms with Gasteiger partial charge in [0.15, 0.2) is 0 Å². The van der Waals surface area contributed by atoms with E-state index in [0.717, 1.165) is 30.2 Å². The summed E-state index contributed by atoms with van der Waals surface area (Å²) >= 11 is 0. The average Bonchev–Trinajstić information content (AvgIpc) is 2.57. The Labute approximate surface area is 92.2 Å². The van der Waals surface area contributed by atoms with E-state index < -0.39 is 0 Å². The highest BCUT2D eigenvalue weighted by Gasteiger charge is 2.58. The topological polar surface area (TPSA) is 29.3 Å². The quantitative estimate of drug-likeness (QED) is 0.614. The molecular weight excluding hydrogens is 184 g/mol. The molecule has 0 unspecified atom stereocenters. The minimum Gasteiger partial charge on any atom is -0.269 e. The highest BCUT2D eigenvalue weighted by molar-refractivity contribution is 5.08. The molecule has 4 saturated carbocycles. The van der Waals surface area contributed by atoms with Crippen molar-refractivity contribution in [3.8, 4) is 0 Å². The summed E-state index contributed by atoms with van der Waals surface area (Å²) < 4.78 is 0. The van der Waals surface area contributed by atoms with Gasteiger partial charge in [-0.15, -0.1) is 0 Å². The molecule has 1 aliphatic heterocycles. The van der Waals surface area contributed by atoms with Crippen molar-refractivity contribution < 1.29 is 0 Å². The maximum Gasteiger partial charge on any atom is 0.0191 e. The largest absolute Gasteiger partial charge is 0.269 e. The fraction of sp³-hybridized carbons (Fsp3) is 1.00. The molecule has 4 bridgehead atoms. The highest BCUT2D eigenvalue weighted by Crippen LogP contribution is 2.64. The van der Waals surface area contributed by atoms with E-state index in [2.05, 4.69) is 5.01 Å². The summed E-state index contributed by atoms with van der Waals surface area (Å²) in [7, 11) is 0. The van der Waals surface area contributed by atoms with Gasteiger partial charge in [0, 0.05) is 13.1 Å². The molecule has 0 atom stereocenters. The van der Waals surface area contributed by atoms with Crippen molar-refractivity contribution in [1.82, 2.24) is 5.01 Å². The van der Waals surface area contributed by atoms with Crippen molar-refractivity contribution in [1.29, 1.82) is 0 Å². The molecule has 2 nitrogen and oxygen atoms in total. The lowest BCUT2D eigenvalue weighted by Gasteiger charge is -2.60. The summed E-state index contributed by atoms with van der Waals surface area (Å²) in [5, 5.41) is 2.10. The van der Waals surface area contributed by atoms with Crippen molar-refractivity contribution in [2.75, 3.05) is 13.1 Å². The van der Waals surface area contributed by atoms with Crippen LogP contribution in [0.5, 0.6) is 0 Å². The van der Waals surface area contributed by atoms with Crippen LogP contribution in [0, 0.1) is 29.1 Å². The molecule has 2 heteroatoms. The Morgan fingerprint density at radius 2 is 1.53 bits per heavy atom. The maximum absolute atomic E-state index is 6.02. The molecule has 4 aliphatic carbocycles. The van der Waals surface area contributed by atoms with Gasteiger partial charge in [-0.1, -0.05) is 0 Å². The first-order valence-electron chi connectivity index (χ1n) is 6.76. The van der Waals surface area contributed by atoms with Crippen molar-refractivity contribution >= 4 is 0 Å². The van der Waals surface area contributed by atoms with E-state index in [1.807, 2.05) is 0 Å². The molecule has 5 aliphatic rings. The minimum atomic E-state index is 0.669. The van der Waals surface area contributed by atoms with Crippen LogP contribution in [0.2, 0.25) is 0 Å². The van der Waals surface area contributed by atoms with Gasteiger partial charge in [0.2, 0.25) is 0 Å². The molecule has 84 valence electrons. The fourth-order valence-corrected chi connectivity index (χ4v) is 5.68.